The lowest BCUT2D eigenvalue weighted by Gasteiger charge is -2.11. The second kappa shape index (κ2) is 10.4. The Hall–Kier alpha value is -1.82. The van der Waals surface area contributed by atoms with Gasteiger partial charge in [0.1, 0.15) is 5.82 Å². The van der Waals surface area contributed by atoms with Gasteiger partial charge in [0.15, 0.2) is 5.16 Å². The van der Waals surface area contributed by atoms with E-state index in [-0.39, 0.29) is 5.91 Å². The summed E-state index contributed by atoms with van der Waals surface area (Å²) in [7, 11) is 1.98. The highest BCUT2D eigenvalue weighted by Crippen LogP contribution is 2.21. The number of carbonyl (C=O) groups is 1. The predicted molar refractivity (Wildman–Crippen MR) is 109 cm³/mol. The van der Waals surface area contributed by atoms with E-state index in [4.69, 9.17) is 0 Å². The highest BCUT2D eigenvalue weighted by atomic mass is 32.2. The molecule has 0 radical (unpaired) electrons. The van der Waals surface area contributed by atoms with Gasteiger partial charge in [-0.3, -0.25) is 4.79 Å². The Morgan fingerprint density at radius 1 is 1.12 bits per heavy atom. The Balaban J connectivity index is 1.83. The van der Waals surface area contributed by atoms with Gasteiger partial charge >= 0.3 is 0 Å². The summed E-state index contributed by atoms with van der Waals surface area (Å²) in [5, 5.41) is 12.3. The van der Waals surface area contributed by atoms with Crippen molar-refractivity contribution in [3.05, 3.63) is 35.2 Å². The number of amides is 1. The molecule has 0 aliphatic carbocycles. The van der Waals surface area contributed by atoms with Crippen LogP contribution in [-0.2, 0) is 18.3 Å². The number of rotatable bonds is 10. The second-order valence-corrected chi connectivity index (χ2v) is 7.67. The molecule has 2 aromatic rings. The third kappa shape index (κ3) is 5.87. The summed E-state index contributed by atoms with van der Waals surface area (Å²) < 4.78 is 2.01. The molecule has 0 atom stereocenters. The lowest BCUT2D eigenvalue weighted by molar-refractivity contribution is -0.113. The van der Waals surface area contributed by atoms with Crippen molar-refractivity contribution in [3.8, 4) is 0 Å². The molecule has 1 aromatic carbocycles. The molecule has 0 saturated heterocycles. The molecule has 1 heterocycles. The van der Waals surface area contributed by atoms with Crippen molar-refractivity contribution in [2.24, 2.45) is 7.05 Å². The van der Waals surface area contributed by atoms with Crippen LogP contribution in [0.1, 0.15) is 56.0 Å². The largest absolute Gasteiger partial charge is 0.325 e. The summed E-state index contributed by atoms with van der Waals surface area (Å²) in [6.07, 6.45) is 7.17. The molecule has 0 aliphatic rings. The minimum Gasteiger partial charge on any atom is -0.325 e. The molecule has 26 heavy (non-hydrogen) atoms. The number of aryl methyl sites for hydroxylation is 3. The fourth-order valence-corrected chi connectivity index (χ4v) is 3.62. The zero-order chi connectivity index (χ0) is 18.9. The van der Waals surface area contributed by atoms with E-state index in [1.54, 1.807) is 0 Å². The average molecular weight is 375 g/mol. The first kappa shape index (κ1) is 20.5. The minimum atomic E-state index is -0.0171. The number of unbranched alkanes of at least 4 members (excludes halogenated alkanes) is 4. The van der Waals surface area contributed by atoms with Gasteiger partial charge in [0.25, 0.3) is 0 Å². The molecule has 6 heteroatoms. The zero-order valence-electron chi connectivity index (χ0n) is 16.3. The molecule has 1 N–H and O–H groups in total. The normalized spacial score (nSPS) is 10.9. The number of para-hydroxylation sites is 1. The van der Waals surface area contributed by atoms with E-state index in [2.05, 4.69) is 22.4 Å². The first-order chi connectivity index (χ1) is 12.5. The van der Waals surface area contributed by atoms with Crippen LogP contribution in [0.5, 0.6) is 0 Å². The third-order valence-electron chi connectivity index (χ3n) is 4.51. The van der Waals surface area contributed by atoms with Crippen molar-refractivity contribution in [2.75, 3.05) is 11.1 Å². The Bertz CT molecular complexity index is 706. The number of aromatic nitrogens is 3. The fourth-order valence-electron chi connectivity index (χ4n) is 2.89. The highest BCUT2D eigenvalue weighted by molar-refractivity contribution is 7.99. The molecular weight excluding hydrogens is 344 g/mol. The summed E-state index contributed by atoms with van der Waals surface area (Å²) in [5.41, 5.74) is 3.06. The van der Waals surface area contributed by atoms with Gasteiger partial charge in [0.2, 0.25) is 5.91 Å². The van der Waals surface area contributed by atoms with E-state index in [0.717, 1.165) is 40.6 Å². The Kier molecular flexibility index (Phi) is 8.16. The van der Waals surface area contributed by atoms with Gasteiger partial charge in [0.05, 0.1) is 5.75 Å². The van der Waals surface area contributed by atoms with E-state index in [1.165, 1.54) is 37.4 Å². The summed E-state index contributed by atoms with van der Waals surface area (Å²) in [6, 6.07) is 6.01. The molecule has 0 fully saturated rings. The number of benzene rings is 1. The maximum atomic E-state index is 12.3. The smallest absolute Gasteiger partial charge is 0.234 e. The predicted octanol–water partition coefficient (Wildman–Crippen LogP) is 4.68. The molecule has 1 aromatic heterocycles. The van der Waals surface area contributed by atoms with Gasteiger partial charge in [-0.15, -0.1) is 10.2 Å². The number of hydrogen-bond acceptors (Lipinski definition) is 4. The highest BCUT2D eigenvalue weighted by Gasteiger charge is 2.12. The van der Waals surface area contributed by atoms with E-state index in [1.807, 2.05) is 43.7 Å². The quantitative estimate of drug-likeness (QED) is 0.485. The van der Waals surface area contributed by atoms with Crippen molar-refractivity contribution in [3.63, 3.8) is 0 Å². The van der Waals surface area contributed by atoms with Crippen LogP contribution >= 0.6 is 11.8 Å². The number of carbonyl (C=O) groups excluding carboxylic acids is 1. The Morgan fingerprint density at radius 3 is 2.50 bits per heavy atom. The molecule has 0 spiro atoms. The number of hydrogen-bond donors (Lipinski definition) is 1. The van der Waals surface area contributed by atoms with E-state index in [9.17, 15) is 4.79 Å². The van der Waals surface area contributed by atoms with Gasteiger partial charge < -0.3 is 9.88 Å². The van der Waals surface area contributed by atoms with Crippen molar-refractivity contribution >= 4 is 23.4 Å². The van der Waals surface area contributed by atoms with Gasteiger partial charge in [-0.2, -0.15) is 0 Å². The first-order valence-corrected chi connectivity index (χ1v) is 10.4. The zero-order valence-corrected chi connectivity index (χ0v) is 17.2. The summed E-state index contributed by atoms with van der Waals surface area (Å²) in [6.45, 7) is 6.24. The van der Waals surface area contributed by atoms with Gasteiger partial charge in [-0.05, 0) is 31.4 Å². The number of anilines is 1. The molecule has 2 rings (SSSR count). The van der Waals surface area contributed by atoms with E-state index in [0.29, 0.717) is 5.75 Å². The Morgan fingerprint density at radius 2 is 1.81 bits per heavy atom. The SMILES string of the molecule is CCCCCCCc1nnc(SCC(=O)Nc2c(C)cccc2C)n1C. The van der Waals surface area contributed by atoms with E-state index < -0.39 is 0 Å². The summed E-state index contributed by atoms with van der Waals surface area (Å²) >= 11 is 1.43. The fraction of sp³-hybridized carbons (Fsp3) is 0.550. The van der Waals surface area contributed by atoms with Crippen LogP contribution in [0.15, 0.2) is 23.4 Å². The first-order valence-electron chi connectivity index (χ1n) is 9.40. The van der Waals surface area contributed by atoms with Gasteiger partial charge in [0, 0.05) is 19.2 Å². The molecule has 0 saturated carbocycles. The monoisotopic (exact) mass is 374 g/mol. The van der Waals surface area contributed by atoms with Crippen LogP contribution in [0.25, 0.3) is 0 Å². The third-order valence-corrected chi connectivity index (χ3v) is 5.53. The van der Waals surface area contributed by atoms with Gasteiger partial charge in [-0.25, -0.2) is 0 Å². The minimum absolute atomic E-state index is 0.0171. The van der Waals surface area contributed by atoms with Crippen LogP contribution in [0.3, 0.4) is 0 Å². The van der Waals surface area contributed by atoms with Crippen molar-refractivity contribution in [1.82, 2.24) is 14.8 Å². The molecular formula is C20H30N4OS. The lowest BCUT2D eigenvalue weighted by atomic mass is 10.1. The maximum Gasteiger partial charge on any atom is 0.234 e. The molecule has 0 aliphatic heterocycles. The molecule has 0 bridgehead atoms. The topological polar surface area (TPSA) is 59.8 Å². The van der Waals surface area contributed by atoms with Crippen LogP contribution in [0.2, 0.25) is 0 Å². The van der Waals surface area contributed by atoms with Crippen molar-refractivity contribution in [2.45, 2.75) is 64.5 Å². The maximum absolute atomic E-state index is 12.3. The Labute approximate surface area is 161 Å². The second-order valence-electron chi connectivity index (χ2n) is 6.73. The van der Waals surface area contributed by atoms with Crippen LogP contribution in [-0.4, -0.2) is 26.4 Å². The molecule has 5 nitrogen and oxygen atoms in total. The van der Waals surface area contributed by atoms with E-state index >= 15 is 0 Å². The average Bonchev–Trinajstić information content (AvgIpc) is 2.96. The van der Waals surface area contributed by atoms with Crippen LogP contribution < -0.4 is 5.32 Å². The van der Waals surface area contributed by atoms with Crippen molar-refractivity contribution in [1.29, 1.82) is 0 Å². The molecule has 0 unspecified atom stereocenters. The standard InChI is InChI=1S/C20H30N4OS/c1-5-6-7-8-9-13-17-22-23-20(24(17)4)26-14-18(25)21-19-15(2)11-10-12-16(19)3/h10-12H,5-9,13-14H2,1-4H3,(H,21,25). The van der Waals surface area contributed by atoms with Crippen LogP contribution in [0, 0.1) is 13.8 Å². The van der Waals surface area contributed by atoms with Crippen LogP contribution in [0.4, 0.5) is 5.69 Å². The summed E-state index contributed by atoms with van der Waals surface area (Å²) in [4.78, 5) is 12.3. The number of nitrogens with one attached hydrogen (secondary N) is 1. The molecule has 1 amide bonds. The van der Waals surface area contributed by atoms with Crippen molar-refractivity contribution < 1.29 is 4.79 Å². The number of nitrogens with zero attached hydrogens (tertiary/aromatic N) is 3. The summed E-state index contributed by atoms with van der Waals surface area (Å²) in [5.74, 6) is 1.31. The molecule has 142 valence electrons. The lowest BCUT2D eigenvalue weighted by Crippen LogP contribution is -2.16. The number of thioether (sulfide) groups is 1. The van der Waals surface area contributed by atoms with Gasteiger partial charge in [-0.1, -0.05) is 62.6 Å².